The van der Waals surface area contributed by atoms with E-state index in [0.29, 0.717) is 13.0 Å². The van der Waals surface area contributed by atoms with E-state index < -0.39 is 17.8 Å². The van der Waals surface area contributed by atoms with E-state index in [-0.39, 0.29) is 30.0 Å². The maximum atomic E-state index is 13.8. The molecule has 2 aliphatic heterocycles. The molecule has 0 radical (unpaired) electrons. The first-order valence-corrected chi connectivity index (χ1v) is 9.64. The number of nitrogens with one attached hydrogen (secondary N) is 1. The van der Waals surface area contributed by atoms with Gasteiger partial charge in [-0.3, -0.25) is 24.5 Å². The van der Waals surface area contributed by atoms with Crippen molar-refractivity contribution in [3.63, 3.8) is 0 Å². The number of aromatic nitrogens is 4. The molecule has 2 aliphatic rings. The van der Waals surface area contributed by atoms with Crippen molar-refractivity contribution < 1.29 is 14.0 Å². The Kier molecular flexibility index (Phi) is 5.20. The lowest BCUT2D eigenvalue weighted by atomic mass is 10.2. The van der Waals surface area contributed by atoms with Gasteiger partial charge < -0.3 is 5.32 Å². The molecule has 2 amide bonds. The Balaban J connectivity index is 1.44. The SMILES string of the molecule is CC1C=C2N(C)C(=O)[C@@H](NC(=O)c3ncn(Cc4ncccc4F)n3)CCN2N1C. The molecule has 0 saturated carbocycles. The Hall–Kier alpha value is -3.34. The molecule has 0 aliphatic carbocycles. The number of hydrazine groups is 1. The number of fused-ring (bicyclic) bond motifs is 1. The molecule has 30 heavy (non-hydrogen) atoms. The zero-order valence-corrected chi connectivity index (χ0v) is 17.0. The summed E-state index contributed by atoms with van der Waals surface area (Å²) in [7, 11) is 3.66. The summed E-state index contributed by atoms with van der Waals surface area (Å²) in [5.74, 6) is -0.488. The molecule has 1 unspecified atom stereocenters. The molecule has 0 bridgehead atoms. The third-order valence-electron chi connectivity index (χ3n) is 5.42. The normalized spacial score (nSPS) is 22.0. The second kappa shape index (κ2) is 7.82. The lowest BCUT2D eigenvalue weighted by Gasteiger charge is -2.31. The number of amides is 2. The van der Waals surface area contributed by atoms with E-state index in [1.807, 2.05) is 18.1 Å². The summed E-state index contributed by atoms with van der Waals surface area (Å²) in [4.78, 5) is 35.0. The molecular weight excluding hydrogens is 391 g/mol. The average molecular weight is 414 g/mol. The quantitative estimate of drug-likeness (QED) is 0.764. The molecule has 4 rings (SSSR count). The molecule has 1 fully saturated rings. The molecule has 0 aromatic carbocycles. The minimum Gasteiger partial charge on any atom is -0.337 e. The van der Waals surface area contributed by atoms with E-state index in [1.165, 1.54) is 29.3 Å². The van der Waals surface area contributed by atoms with Crippen LogP contribution in [-0.4, -0.2) is 79.2 Å². The van der Waals surface area contributed by atoms with Crippen molar-refractivity contribution in [3.8, 4) is 0 Å². The minimum atomic E-state index is -0.696. The van der Waals surface area contributed by atoms with Crippen LogP contribution in [0.15, 0.2) is 36.6 Å². The van der Waals surface area contributed by atoms with Crippen molar-refractivity contribution in [2.45, 2.75) is 32.0 Å². The van der Waals surface area contributed by atoms with Crippen molar-refractivity contribution >= 4 is 11.8 Å². The number of hydrogen-bond acceptors (Lipinski definition) is 7. The molecular formula is C19H23FN8O2. The molecule has 1 saturated heterocycles. The highest BCUT2D eigenvalue weighted by Gasteiger charge is 2.38. The van der Waals surface area contributed by atoms with E-state index in [1.54, 1.807) is 11.9 Å². The zero-order chi connectivity index (χ0) is 21.4. The van der Waals surface area contributed by atoms with Crippen LogP contribution < -0.4 is 5.32 Å². The minimum absolute atomic E-state index is 0.0473. The molecule has 2 atom stereocenters. The number of hydrogen-bond donors (Lipinski definition) is 1. The molecule has 2 aromatic rings. The number of carbonyl (C=O) groups excluding carboxylic acids is 2. The molecule has 4 heterocycles. The average Bonchev–Trinajstić information content (AvgIpc) is 3.28. The van der Waals surface area contributed by atoms with E-state index in [2.05, 4.69) is 32.3 Å². The summed E-state index contributed by atoms with van der Waals surface area (Å²) >= 11 is 0. The fourth-order valence-corrected chi connectivity index (χ4v) is 3.59. The third kappa shape index (κ3) is 3.63. The van der Waals surface area contributed by atoms with Crippen LogP contribution in [0.4, 0.5) is 4.39 Å². The van der Waals surface area contributed by atoms with Gasteiger partial charge in [0.25, 0.3) is 11.8 Å². The fraction of sp³-hybridized carbons (Fsp3) is 0.421. The van der Waals surface area contributed by atoms with Gasteiger partial charge in [0.2, 0.25) is 5.82 Å². The number of nitrogens with zero attached hydrogens (tertiary/aromatic N) is 7. The highest BCUT2D eigenvalue weighted by Crippen LogP contribution is 2.26. The summed E-state index contributed by atoms with van der Waals surface area (Å²) in [5, 5.41) is 10.9. The van der Waals surface area contributed by atoms with Crippen LogP contribution in [-0.2, 0) is 11.3 Å². The maximum absolute atomic E-state index is 13.8. The highest BCUT2D eigenvalue weighted by atomic mass is 19.1. The summed E-state index contributed by atoms with van der Waals surface area (Å²) in [5.41, 5.74) is 0.196. The van der Waals surface area contributed by atoms with Crippen LogP contribution in [0.1, 0.15) is 29.7 Å². The highest BCUT2D eigenvalue weighted by molar-refractivity contribution is 5.95. The summed E-state index contributed by atoms with van der Waals surface area (Å²) < 4.78 is 15.1. The first kappa shape index (κ1) is 20.0. The Bertz CT molecular complexity index is 1010. The van der Waals surface area contributed by atoms with Crippen LogP contribution in [0.3, 0.4) is 0 Å². The first-order chi connectivity index (χ1) is 14.3. The van der Waals surface area contributed by atoms with Gasteiger partial charge in [-0.15, -0.1) is 5.10 Å². The summed E-state index contributed by atoms with van der Waals surface area (Å²) in [6.45, 7) is 2.69. The second-order valence-electron chi connectivity index (χ2n) is 7.37. The monoisotopic (exact) mass is 414 g/mol. The molecule has 0 spiro atoms. The van der Waals surface area contributed by atoms with Gasteiger partial charge in [0, 0.05) is 32.9 Å². The van der Waals surface area contributed by atoms with Gasteiger partial charge in [0.05, 0.1) is 12.2 Å². The van der Waals surface area contributed by atoms with Crippen molar-refractivity contribution in [2.75, 3.05) is 20.6 Å². The topological polar surface area (TPSA) is 99.5 Å². The largest absolute Gasteiger partial charge is 0.337 e. The maximum Gasteiger partial charge on any atom is 0.291 e. The Morgan fingerprint density at radius 2 is 2.13 bits per heavy atom. The Morgan fingerprint density at radius 3 is 2.90 bits per heavy atom. The van der Waals surface area contributed by atoms with E-state index >= 15 is 0 Å². The number of likely N-dealkylation sites (N-methyl/N-ethyl adjacent to an activating group) is 2. The molecule has 1 N–H and O–H groups in total. The van der Waals surface area contributed by atoms with E-state index in [9.17, 15) is 14.0 Å². The van der Waals surface area contributed by atoms with Crippen LogP contribution >= 0.6 is 0 Å². The second-order valence-corrected chi connectivity index (χ2v) is 7.37. The lowest BCUT2D eigenvalue weighted by Crippen LogP contribution is -2.46. The Labute approximate surface area is 173 Å². The fourth-order valence-electron chi connectivity index (χ4n) is 3.59. The van der Waals surface area contributed by atoms with E-state index in [4.69, 9.17) is 0 Å². The van der Waals surface area contributed by atoms with Crippen molar-refractivity contribution in [3.05, 3.63) is 53.9 Å². The van der Waals surface area contributed by atoms with Crippen molar-refractivity contribution in [2.24, 2.45) is 0 Å². The smallest absolute Gasteiger partial charge is 0.291 e. The van der Waals surface area contributed by atoms with Crippen molar-refractivity contribution in [1.29, 1.82) is 0 Å². The summed E-state index contributed by atoms with van der Waals surface area (Å²) in [6.07, 6.45) is 5.28. The van der Waals surface area contributed by atoms with Gasteiger partial charge in [-0.2, -0.15) is 0 Å². The lowest BCUT2D eigenvalue weighted by molar-refractivity contribution is -0.130. The van der Waals surface area contributed by atoms with Gasteiger partial charge in [-0.1, -0.05) is 0 Å². The van der Waals surface area contributed by atoms with Crippen LogP contribution in [0.25, 0.3) is 0 Å². The third-order valence-corrected chi connectivity index (χ3v) is 5.42. The number of carbonyl (C=O) groups is 2. The van der Waals surface area contributed by atoms with Gasteiger partial charge in [0.1, 0.15) is 24.0 Å². The van der Waals surface area contributed by atoms with Crippen LogP contribution in [0, 0.1) is 5.82 Å². The number of pyridine rings is 1. The van der Waals surface area contributed by atoms with Crippen LogP contribution in [0.2, 0.25) is 0 Å². The Morgan fingerprint density at radius 1 is 1.33 bits per heavy atom. The van der Waals surface area contributed by atoms with Gasteiger partial charge in [0.15, 0.2) is 0 Å². The van der Waals surface area contributed by atoms with Crippen LogP contribution in [0.5, 0.6) is 0 Å². The van der Waals surface area contributed by atoms with Gasteiger partial charge in [-0.25, -0.2) is 19.1 Å². The molecule has 158 valence electrons. The standard InChI is InChI=1S/C19H23FN8O2/c1-12-9-16-25(2)19(30)14(6-8-28(16)26(12)3)23-18(29)17-22-11-27(24-17)10-15-13(20)5-4-7-21-15/h4-5,7,9,11-12,14H,6,8,10H2,1-3H3,(H,23,29)/t12?,14-/m0/s1. The molecule has 10 nitrogen and oxygen atoms in total. The molecule has 11 heteroatoms. The van der Waals surface area contributed by atoms with Crippen molar-refractivity contribution in [1.82, 2.24) is 40.0 Å². The molecule has 2 aromatic heterocycles. The number of halogens is 1. The first-order valence-electron chi connectivity index (χ1n) is 9.64. The van der Waals surface area contributed by atoms with Gasteiger partial charge in [-0.05, 0) is 31.6 Å². The van der Waals surface area contributed by atoms with Gasteiger partial charge >= 0.3 is 0 Å². The van der Waals surface area contributed by atoms with E-state index in [0.717, 1.165) is 5.82 Å². The zero-order valence-electron chi connectivity index (χ0n) is 17.0. The number of rotatable bonds is 4. The summed E-state index contributed by atoms with van der Waals surface area (Å²) in [6, 6.07) is 2.30. The predicted octanol–water partition coefficient (Wildman–Crippen LogP) is 0.213. The predicted molar refractivity (Wildman–Crippen MR) is 104 cm³/mol.